The van der Waals surface area contributed by atoms with Gasteiger partial charge in [-0.2, -0.15) is 0 Å². The van der Waals surface area contributed by atoms with Crippen molar-refractivity contribution in [1.29, 1.82) is 0 Å². The minimum atomic E-state index is -0.507. The van der Waals surface area contributed by atoms with Gasteiger partial charge in [-0.05, 0) is 51.1 Å². The van der Waals surface area contributed by atoms with E-state index in [9.17, 15) is 0 Å². The Bertz CT molecular complexity index is 1540. The Morgan fingerprint density at radius 1 is 0.375 bits per heavy atom. The van der Waals surface area contributed by atoms with Crippen molar-refractivity contribution in [1.82, 2.24) is 0 Å². The Balaban J connectivity index is 1.56. The van der Waals surface area contributed by atoms with E-state index >= 15 is 0 Å². The first kappa shape index (κ1) is 25.4. The minimum Gasteiger partial charge on any atom is -0.497 e. The molecule has 0 bridgehead atoms. The molecule has 0 heterocycles. The molecular formula is C39H31O. The molecule has 0 aliphatic carbocycles. The molecule has 0 saturated carbocycles. The lowest BCUT2D eigenvalue weighted by atomic mass is 9.65. The van der Waals surface area contributed by atoms with Crippen molar-refractivity contribution in [3.63, 3.8) is 0 Å². The number of rotatable bonds is 8. The van der Waals surface area contributed by atoms with E-state index < -0.39 is 5.41 Å². The normalized spacial score (nSPS) is 11.3. The number of ether oxygens (including phenoxy) is 1. The summed E-state index contributed by atoms with van der Waals surface area (Å²) in [6.07, 6.45) is 0. The topological polar surface area (TPSA) is 9.23 Å². The van der Waals surface area contributed by atoms with E-state index in [-0.39, 0.29) is 0 Å². The van der Waals surface area contributed by atoms with Gasteiger partial charge in [-0.3, -0.25) is 0 Å². The fourth-order valence-electron chi connectivity index (χ4n) is 5.81. The summed E-state index contributed by atoms with van der Waals surface area (Å²) in [4.78, 5) is 0. The first-order chi connectivity index (χ1) is 19.8. The largest absolute Gasteiger partial charge is 0.497 e. The second kappa shape index (κ2) is 11.5. The van der Waals surface area contributed by atoms with Crippen LogP contribution >= 0.6 is 0 Å². The van der Waals surface area contributed by atoms with E-state index in [1.54, 1.807) is 7.11 Å². The fourth-order valence-corrected chi connectivity index (χ4v) is 5.81. The predicted molar refractivity (Wildman–Crippen MR) is 165 cm³/mol. The fraction of sp³-hybridized carbons (Fsp3) is 0.0513. The van der Waals surface area contributed by atoms with Crippen LogP contribution in [0, 0.1) is 5.92 Å². The highest BCUT2D eigenvalue weighted by Gasteiger charge is 2.38. The molecule has 0 fully saturated rings. The van der Waals surface area contributed by atoms with Crippen LogP contribution in [-0.4, -0.2) is 7.11 Å². The summed E-state index contributed by atoms with van der Waals surface area (Å²) in [7, 11) is 1.71. The molecule has 193 valence electrons. The quantitative estimate of drug-likeness (QED) is 0.184. The van der Waals surface area contributed by atoms with Gasteiger partial charge in [0.2, 0.25) is 0 Å². The van der Waals surface area contributed by atoms with Crippen molar-refractivity contribution < 1.29 is 4.74 Å². The molecular weight excluding hydrogens is 484 g/mol. The van der Waals surface area contributed by atoms with E-state index in [4.69, 9.17) is 4.74 Å². The Kier molecular flexibility index (Phi) is 7.28. The lowest BCUT2D eigenvalue weighted by Crippen LogP contribution is -2.31. The molecule has 6 aromatic carbocycles. The van der Waals surface area contributed by atoms with Gasteiger partial charge in [0, 0.05) is 0 Å². The minimum absolute atomic E-state index is 0.507. The monoisotopic (exact) mass is 515 g/mol. The van der Waals surface area contributed by atoms with Crippen LogP contribution in [0.15, 0.2) is 170 Å². The van der Waals surface area contributed by atoms with Crippen LogP contribution < -0.4 is 4.74 Å². The standard InChI is InChI=1S/C39H31O/c1-40-37-28-26-36(27-29-37)39(33-18-10-4-11-19-33,34-20-12-5-13-21-34)35-24-22-32(23-25-35)38(30-14-6-2-7-15-30)31-16-8-3-9-17-31/h2-29H,1H3. The third kappa shape index (κ3) is 4.72. The summed E-state index contributed by atoms with van der Waals surface area (Å²) in [6, 6.07) is 60.5. The lowest BCUT2D eigenvalue weighted by molar-refractivity contribution is 0.414. The summed E-state index contributed by atoms with van der Waals surface area (Å²) in [6.45, 7) is 0. The summed E-state index contributed by atoms with van der Waals surface area (Å²) >= 11 is 0. The summed E-state index contributed by atoms with van der Waals surface area (Å²) in [5.41, 5.74) is 7.92. The Labute approximate surface area is 237 Å². The second-order valence-corrected chi connectivity index (χ2v) is 9.89. The number of hydrogen-bond acceptors (Lipinski definition) is 1. The molecule has 0 aliphatic rings. The van der Waals surface area contributed by atoms with Gasteiger partial charge in [0.25, 0.3) is 0 Å². The Morgan fingerprint density at radius 3 is 1.10 bits per heavy atom. The molecule has 1 nitrogen and oxygen atoms in total. The molecule has 40 heavy (non-hydrogen) atoms. The maximum Gasteiger partial charge on any atom is 0.118 e. The molecule has 0 saturated heterocycles. The van der Waals surface area contributed by atoms with Crippen LogP contribution in [-0.2, 0) is 5.41 Å². The van der Waals surface area contributed by atoms with Crippen molar-refractivity contribution in [3.05, 3.63) is 215 Å². The average Bonchev–Trinajstić information content (AvgIpc) is 3.05. The zero-order chi connectivity index (χ0) is 27.2. The van der Waals surface area contributed by atoms with Gasteiger partial charge < -0.3 is 4.74 Å². The predicted octanol–water partition coefficient (Wildman–Crippen LogP) is 9.10. The van der Waals surface area contributed by atoms with Gasteiger partial charge in [-0.25, -0.2) is 0 Å². The molecule has 0 atom stereocenters. The summed E-state index contributed by atoms with van der Waals surface area (Å²) < 4.78 is 5.52. The molecule has 0 unspecified atom stereocenters. The maximum absolute atomic E-state index is 5.52. The Morgan fingerprint density at radius 2 is 0.700 bits per heavy atom. The van der Waals surface area contributed by atoms with Gasteiger partial charge in [0.05, 0.1) is 18.4 Å². The number of hydrogen-bond donors (Lipinski definition) is 0. The van der Waals surface area contributed by atoms with Gasteiger partial charge in [-0.1, -0.05) is 158 Å². The van der Waals surface area contributed by atoms with E-state index in [2.05, 4.69) is 170 Å². The zero-order valence-electron chi connectivity index (χ0n) is 22.6. The third-order valence-electron chi connectivity index (χ3n) is 7.67. The van der Waals surface area contributed by atoms with Crippen LogP contribution in [0.3, 0.4) is 0 Å². The molecule has 0 N–H and O–H groups in total. The van der Waals surface area contributed by atoms with E-state index in [1.807, 2.05) is 0 Å². The number of benzene rings is 6. The van der Waals surface area contributed by atoms with Crippen LogP contribution in [0.25, 0.3) is 0 Å². The lowest BCUT2D eigenvalue weighted by Gasteiger charge is -2.37. The van der Waals surface area contributed by atoms with Gasteiger partial charge in [-0.15, -0.1) is 0 Å². The highest BCUT2D eigenvalue weighted by molar-refractivity contribution is 5.63. The van der Waals surface area contributed by atoms with Crippen LogP contribution in [0.5, 0.6) is 5.75 Å². The molecule has 1 radical (unpaired) electrons. The van der Waals surface area contributed by atoms with Crippen molar-refractivity contribution in [2.45, 2.75) is 5.41 Å². The van der Waals surface area contributed by atoms with Crippen molar-refractivity contribution in [2.75, 3.05) is 7.11 Å². The zero-order valence-corrected chi connectivity index (χ0v) is 22.6. The average molecular weight is 516 g/mol. The SMILES string of the molecule is COc1ccc(C(c2ccccc2)(c2ccccc2)c2ccc([C](c3ccccc3)c3ccccc3)cc2)cc1. The smallest absolute Gasteiger partial charge is 0.118 e. The van der Waals surface area contributed by atoms with Gasteiger partial charge in [0.1, 0.15) is 5.75 Å². The first-order valence-electron chi connectivity index (χ1n) is 13.6. The first-order valence-corrected chi connectivity index (χ1v) is 13.6. The Hall–Kier alpha value is -4.88. The van der Waals surface area contributed by atoms with Gasteiger partial charge >= 0.3 is 0 Å². The maximum atomic E-state index is 5.52. The molecule has 0 amide bonds. The van der Waals surface area contributed by atoms with E-state index in [0.29, 0.717) is 0 Å². The van der Waals surface area contributed by atoms with Crippen LogP contribution in [0.4, 0.5) is 0 Å². The van der Waals surface area contributed by atoms with Gasteiger partial charge in [0.15, 0.2) is 0 Å². The summed E-state index contributed by atoms with van der Waals surface area (Å²) in [5, 5.41) is 0. The van der Waals surface area contributed by atoms with E-state index in [1.165, 1.54) is 44.9 Å². The van der Waals surface area contributed by atoms with Crippen molar-refractivity contribution in [3.8, 4) is 5.75 Å². The van der Waals surface area contributed by atoms with Crippen molar-refractivity contribution >= 4 is 0 Å². The van der Waals surface area contributed by atoms with Crippen LogP contribution in [0.1, 0.15) is 38.9 Å². The number of methoxy groups -OCH3 is 1. The van der Waals surface area contributed by atoms with Crippen molar-refractivity contribution in [2.24, 2.45) is 0 Å². The van der Waals surface area contributed by atoms with Crippen LogP contribution in [0.2, 0.25) is 0 Å². The molecule has 6 aromatic rings. The highest BCUT2D eigenvalue weighted by atomic mass is 16.5. The molecule has 0 aromatic heterocycles. The second-order valence-electron chi connectivity index (χ2n) is 9.89. The molecule has 0 spiro atoms. The molecule has 1 heteroatoms. The highest BCUT2D eigenvalue weighted by Crippen LogP contribution is 2.46. The van der Waals surface area contributed by atoms with E-state index in [0.717, 1.165) is 5.75 Å². The summed E-state index contributed by atoms with van der Waals surface area (Å²) in [5.74, 6) is 2.07. The third-order valence-corrected chi connectivity index (χ3v) is 7.67. The molecule has 0 aliphatic heterocycles. The molecule has 6 rings (SSSR count).